The van der Waals surface area contributed by atoms with Crippen molar-refractivity contribution in [1.29, 1.82) is 0 Å². The minimum atomic E-state index is -5.04. The van der Waals surface area contributed by atoms with Gasteiger partial charge in [0, 0.05) is 17.6 Å². The summed E-state index contributed by atoms with van der Waals surface area (Å²) in [6.45, 7) is 2.86. The summed E-state index contributed by atoms with van der Waals surface area (Å²) < 4.78 is 40.1. The average molecular weight is 300 g/mol. The zero-order valence-electron chi connectivity index (χ0n) is 11.5. The number of nitrogens with one attached hydrogen (secondary N) is 1. The number of nitrogens with zero attached hydrogens (tertiary/aromatic N) is 1. The van der Waals surface area contributed by atoms with E-state index in [1.54, 1.807) is 24.3 Å². The molecule has 0 unspecified atom stereocenters. The van der Waals surface area contributed by atoms with E-state index in [9.17, 15) is 23.1 Å². The van der Waals surface area contributed by atoms with E-state index in [1.807, 2.05) is 0 Å². The van der Waals surface area contributed by atoms with Gasteiger partial charge in [0.1, 0.15) is 0 Å². The van der Waals surface area contributed by atoms with Gasteiger partial charge in [-0.15, -0.1) is 0 Å². The summed E-state index contributed by atoms with van der Waals surface area (Å²) in [5.41, 5.74) is -3.98. The molecule has 0 aliphatic carbocycles. The monoisotopic (exact) mass is 300 g/mol. The van der Waals surface area contributed by atoms with Crippen molar-refractivity contribution in [3.05, 3.63) is 29.8 Å². The van der Waals surface area contributed by atoms with Crippen molar-refractivity contribution in [2.45, 2.75) is 38.3 Å². The van der Waals surface area contributed by atoms with E-state index in [0.717, 1.165) is 10.5 Å². The van der Waals surface area contributed by atoms with Crippen LogP contribution in [0.1, 0.15) is 19.4 Å². The van der Waals surface area contributed by atoms with E-state index in [1.165, 1.54) is 13.8 Å². The van der Waals surface area contributed by atoms with Crippen molar-refractivity contribution in [1.82, 2.24) is 5.32 Å². The third-order valence-electron chi connectivity index (χ3n) is 4.55. The molecule has 1 fully saturated rings. The number of carbonyl (C=O) groups excluding carboxylic acids is 1. The molecule has 4 nitrogen and oxygen atoms in total. The SMILES string of the molecule is CC1(C)[C@H]2NCc3ccccc3N2C(=O)[C@]1(O)C(F)(F)F. The molecule has 2 N–H and O–H groups in total. The predicted molar refractivity (Wildman–Crippen MR) is 69.3 cm³/mol. The molecule has 7 heteroatoms. The first-order chi connectivity index (χ1) is 9.62. The van der Waals surface area contributed by atoms with Gasteiger partial charge in [0.05, 0.1) is 6.17 Å². The lowest BCUT2D eigenvalue weighted by Crippen LogP contribution is -2.60. The van der Waals surface area contributed by atoms with Gasteiger partial charge in [-0.05, 0) is 11.6 Å². The highest BCUT2D eigenvalue weighted by Crippen LogP contribution is 2.54. The Kier molecular flexibility index (Phi) is 2.72. The van der Waals surface area contributed by atoms with Crippen LogP contribution in [0.3, 0.4) is 0 Å². The van der Waals surface area contributed by atoms with Gasteiger partial charge in [-0.1, -0.05) is 32.0 Å². The number of fused-ring (bicyclic) bond motifs is 3. The van der Waals surface area contributed by atoms with Crippen LogP contribution in [-0.4, -0.2) is 29.0 Å². The molecular formula is C14H15F3N2O2. The second-order valence-corrected chi connectivity index (χ2v) is 6.02. The molecule has 1 aromatic rings. The van der Waals surface area contributed by atoms with Crippen LogP contribution in [0.15, 0.2) is 24.3 Å². The molecule has 3 rings (SSSR count). The number of anilines is 1. The molecule has 0 aromatic heterocycles. The molecule has 0 radical (unpaired) electrons. The van der Waals surface area contributed by atoms with Gasteiger partial charge in [0.25, 0.3) is 5.91 Å². The Balaban J connectivity index is 2.20. The molecule has 2 heterocycles. The highest BCUT2D eigenvalue weighted by molar-refractivity contribution is 6.05. The highest BCUT2D eigenvalue weighted by Gasteiger charge is 2.76. The largest absolute Gasteiger partial charge is 0.427 e. The lowest BCUT2D eigenvalue weighted by molar-refractivity contribution is -0.276. The Labute approximate surface area is 119 Å². The summed E-state index contributed by atoms with van der Waals surface area (Å²) in [6, 6.07) is 6.75. The topological polar surface area (TPSA) is 52.6 Å². The van der Waals surface area contributed by atoms with Gasteiger partial charge in [-0.25, -0.2) is 0 Å². The van der Waals surface area contributed by atoms with Gasteiger partial charge in [-0.3, -0.25) is 15.0 Å². The van der Waals surface area contributed by atoms with Gasteiger partial charge < -0.3 is 5.11 Å². The molecule has 0 saturated carbocycles. The second-order valence-electron chi connectivity index (χ2n) is 6.02. The molecule has 1 amide bonds. The highest BCUT2D eigenvalue weighted by atomic mass is 19.4. The summed E-state index contributed by atoms with van der Waals surface area (Å²) in [5, 5.41) is 13.2. The van der Waals surface area contributed by atoms with E-state index in [4.69, 9.17) is 0 Å². The van der Waals surface area contributed by atoms with E-state index in [-0.39, 0.29) is 0 Å². The summed E-state index contributed by atoms with van der Waals surface area (Å²) in [4.78, 5) is 13.4. The third kappa shape index (κ3) is 1.56. The molecule has 2 aliphatic rings. The van der Waals surface area contributed by atoms with E-state index in [2.05, 4.69) is 5.32 Å². The molecule has 1 saturated heterocycles. The average Bonchev–Trinajstić information content (AvgIpc) is 2.58. The molecule has 2 atom stereocenters. The summed E-state index contributed by atoms with van der Waals surface area (Å²) in [7, 11) is 0. The van der Waals surface area contributed by atoms with Crippen LogP contribution in [0.5, 0.6) is 0 Å². The third-order valence-corrected chi connectivity index (χ3v) is 4.55. The Morgan fingerprint density at radius 3 is 2.57 bits per heavy atom. The quantitative estimate of drug-likeness (QED) is 0.768. The maximum Gasteiger partial charge on any atom is 0.427 e. The smallest absolute Gasteiger partial charge is 0.372 e. The number of alkyl halides is 3. The van der Waals surface area contributed by atoms with Gasteiger partial charge in [0.15, 0.2) is 0 Å². The number of hydrogen-bond acceptors (Lipinski definition) is 3. The number of para-hydroxylation sites is 1. The van der Waals surface area contributed by atoms with Gasteiger partial charge >= 0.3 is 6.18 Å². The zero-order chi connectivity index (χ0) is 15.6. The van der Waals surface area contributed by atoms with Crippen molar-refractivity contribution in [2.24, 2.45) is 5.41 Å². The Morgan fingerprint density at radius 1 is 1.33 bits per heavy atom. The maximum absolute atomic E-state index is 13.4. The standard InChI is InChI=1S/C14H15F3N2O2/c1-12(2)10-18-7-8-5-3-4-6-9(8)19(10)11(20)13(12,21)14(15,16)17/h3-6,10,18,21H,7H2,1-2H3/t10-,13+/m0/s1. The second kappa shape index (κ2) is 3.98. The Bertz CT molecular complexity index is 614. The summed E-state index contributed by atoms with van der Waals surface area (Å²) >= 11 is 0. The van der Waals surface area contributed by atoms with Crippen molar-refractivity contribution in [3.8, 4) is 0 Å². The van der Waals surface area contributed by atoms with Crippen LogP contribution >= 0.6 is 0 Å². The lowest BCUT2D eigenvalue weighted by atomic mass is 9.74. The minimum absolute atomic E-state index is 0.349. The van der Waals surface area contributed by atoms with Crippen LogP contribution in [0, 0.1) is 5.41 Å². The fourth-order valence-corrected chi connectivity index (χ4v) is 3.27. The van der Waals surface area contributed by atoms with Crippen LogP contribution in [0.4, 0.5) is 18.9 Å². The zero-order valence-corrected chi connectivity index (χ0v) is 11.5. The van der Waals surface area contributed by atoms with Crippen LogP contribution < -0.4 is 10.2 Å². The fourth-order valence-electron chi connectivity index (χ4n) is 3.27. The van der Waals surface area contributed by atoms with Crippen molar-refractivity contribution in [2.75, 3.05) is 4.90 Å². The summed E-state index contributed by atoms with van der Waals surface area (Å²) in [5.74, 6) is -1.33. The maximum atomic E-state index is 13.4. The lowest BCUT2D eigenvalue weighted by Gasteiger charge is -2.40. The number of amides is 1. The summed E-state index contributed by atoms with van der Waals surface area (Å²) in [6.07, 6.45) is -5.95. The van der Waals surface area contributed by atoms with Crippen LogP contribution in [0.25, 0.3) is 0 Å². The first-order valence-corrected chi connectivity index (χ1v) is 6.56. The number of carbonyl (C=O) groups is 1. The number of aliphatic hydroxyl groups is 1. The number of rotatable bonds is 0. The van der Waals surface area contributed by atoms with E-state index >= 15 is 0 Å². The molecular weight excluding hydrogens is 285 g/mol. The van der Waals surface area contributed by atoms with Crippen molar-refractivity contribution in [3.63, 3.8) is 0 Å². The Hall–Kier alpha value is -1.60. The van der Waals surface area contributed by atoms with E-state index < -0.39 is 29.3 Å². The van der Waals surface area contributed by atoms with Crippen molar-refractivity contribution < 1.29 is 23.1 Å². The molecule has 0 bridgehead atoms. The molecule has 2 aliphatic heterocycles. The number of benzene rings is 1. The number of halogens is 3. The first kappa shape index (κ1) is 14.3. The van der Waals surface area contributed by atoms with E-state index in [0.29, 0.717) is 12.2 Å². The Morgan fingerprint density at radius 2 is 1.95 bits per heavy atom. The minimum Gasteiger partial charge on any atom is -0.372 e. The first-order valence-electron chi connectivity index (χ1n) is 6.56. The number of hydrogen-bond donors (Lipinski definition) is 2. The van der Waals surface area contributed by atoms with Crippen LogP contribution in [-0.2, 0) is 11.3 Å². The molecule has 0 spiro atoms. The fraction of sp³-hybridized carbons (Fsp3) is 0.500. The van der Waals surface area contributed by atoms with Crippen molar-refractivity contribution >= 4 is 11.6 Å². The normalized spacial score (nSPS) is 31.0. The molecule has 21 heavy (non-hydrogen) atoms. The van der Waals surface area contributed by atoms with Crippen LogP contribution in [0.2, 0.25) is 0 Å². The predicted octanol–water partition coefficient (Wildman–Crippen LogP) is 1.78. The molecule has 114 valence electrons. The molecule has 1 aromatic carbocycles. The van der Waals surface area contributed by atoms with Gasteiger partial charge in [0.2, 0.25) is 5.60 Å². The van der Waals surface area contributed by atoms with Gasteiger partial charge in [-0.2, -0.15) is 13.2 Å².